The van der Waals surface area contributed by atoms with Crippen LogP contribution < -0.4 is 0 Å². The Morgan fingerprint density at radius 1 is 1.40 bits per heavy atom. The van der Waals surface area contributed by atoms with Crippen molar-refractivity contribution in [3.05, 3.63) is 11.6 Å². The van der Waals surface area contributed by atoms with Crippen molar-refractivity contribution in [2.45, 2.75) is 53.4 Å². The van der Waals surface area contributed by atoms with Gasteiger partial charge in [0, 0.05) is 5.41 Å². The number of ketones is 1. The van der Waals surface area contributed by atoms with Crippen molar-refractivity contribution < 1.29 is 4.79 Å². The van der Waals surface area contributed by atoms with E-state index >= 15 is 0 Å². The summed E-state index contributed by atoms with van der Waals surface area (Å²) in [5.41, 5.74) is 1.26. The van der Waals surface area contributed by atoms with E-state index in [1.807, 2.05) is 0 Å². The number of hydrogen-bond donors (Lipinski definition) is 0. The first kappa shape index (κ1) is 10.9. The molecule has 2 saturated carbocycles. The molecule has 2 atom stereocenters. The minimum absolute atomic E-state index is 0.0722. The summed E-state index contributed by atoms with van der Waals surface area (Å²) in [4.78, 5) is 12.3. The van der Waals surface area contributed by atoms with Crippen LogP contribution in [-0.4, -0.2) is 5.78 Å². The van der Waals surface area contributed by atoms with Gasteiger partial charge in [-0.1, -0.05) is 40.2 Å². The third-order valence-electron chi connectivity index (χ3n) is 5.02. The number of carbonyl (C=O) groups excluding carboxylic acids is 1. The number of carbonyl (C=O) groups is 1. The molecule has 0 spiro atoms. The Balaban J connectivity index is 2.38. The van der Waals surface area contributed by atoms with Crippen LogP contribution in [0.1, 0.15) is 53.4 Å². The molecule has 84 valence electrons. The lowest BCUT2D eigenvalue weighted by molar-refractivity contribution is -0.125. The van der Waals surface area contributed by atoms with Crippen LogP contribution in [0.3, 0.4) is 0 Å². The number of fused-ring (bicyclic) bond motifs is 2. The molecule has 1 nitrogen and oxygen atoms in total. The van der Waals surface area contributed by atoms with E-state index in [4.69, 9.17) is 0 Å². The van der Waals surface area contributed by atoms with E-state index < -0.39 is 0 Å². The van der Waals surface area contributed by atoms with Gasteiger partial charge in [0.25, 0.3) is 0 Å². The monoisotopic (exact) mass is 206 g/mol. The summed E-state index contributed by atoms with van der Waals surface area (Å²) in [5.74, 6) is 0.971. The molecule has 0 aromatic rings. The number of Topliss-reactive ketones (excluding diaryl/α,β-unsaturated/α-hetero) is 1. The Morgan fingerprint density at radius 2 is 2.07 bits per heavy atom. The highest BCUT2D eigenvalue weighted by Gasteiger charge is 2.63. The van der Waals surface area contributed by atoms with Gasteiger partial charge in [0.2, 0.25) is 0 Å². The standard InChI is InChI=1S/C14H22O/c1-5-6-7-10-11-8-9-14(4,12(10)15)13(11,2)3/h7,11H,5-6,8-9H2,1-4H3/b10-7+. The molecule has 0 radical (unpaired) electrons. The maximum absolute atomic E-state index is 12.3. The highest BCUT2D eigenvalue weighted by molar-refractivity contribution is 6.04. The molecule has 2 bridgehead atoms. The van der Waals surface area contributed by atoms with Crippen LogP contribution in [0.2, 0.25) is 0 Å². The Bertz CT molecular complexity index is 324. The summed E-state index contributed by atoms with van der Waals surface area (Å²) in [5, 5.41) is 0. The van der Waals surface area contributed by atoms with Gasteiger partial charge in [-0.3, -0.25) is 4.79 Å². The third kappa shape index (κ3) is 1.18. The second-order valence-electron chi connectivity index (χ2n) is 5.92. The molecule has 0 heterocycles. The predicted octanol–water partition coefficient (Wildman–Crippen LogP) is 3.74. The van der Waals surface area contributed by atoms with Gasteiger partial charge in [-0.15, -0.1) is 0 Å². The summed E-state index contributed by atoms with van der Waals surface area (Å²) < 4.78 is 0. The van der Waals surface area contributed by atoms with E-state index in [1.165, 1.54) is 6.42 Å². The number of hydrogen-bond acceptors (Lipinski definition) is 1. The van der Waals surface area contributed by atoms with Gasteiger partial charge in [0.1, 0.15) is 0 Å². The minimum atomic E-state index is -0.0722. The Labute approximate surface area is 92.9 Å². The summed E-state index contributed by atoms with van der Waals surface area (Å²) in [7, 11) is 0. The lowest BCUT2D eigenvalue weighted by Gasteiger charge is -2.31. The van der Waals surface area contributed by atoms with Gasteiger partial charge in [-0.05, 0) is 36.2 Å². The van der Waals surface area contributed by atoms with Crippen LogP contribution in [-0.2, 0) is 4.79 Å². The first-order valence-electron chi connectivity index (χ1n) is 6.20. The molecule has 0 N–H and O–H groups in total. The van der Waals surface area contributed by atoms with Crippen LogP contribution in [0.4, 0.5) is 0 Å². The lowest BCUT2D eigenvalue weighted by Crippen LogP contribution is -2.32. The van der Waals surface area contributed by atoms with Crippen LogP contribution in [0.15, 0.2) is 11.6 Å². The molecular formula is C14H22O. The number of rotatable bonds is 2. The first-order chi connectivity index (χ1) is 6.95. The molecule has 0 aliphatic heterocycles. The van der Waals surface area contributed by atoms with Gasteiger partial charge < -0.3 is 0 Å². The molecule has 2 fully saturated rings. The van der Waals surface area contributed by atoms with Crippen molar-refractivity contribution >= 4 is 5.78 Å². The van der Waals surface area contributed by atoms with Crippen molar-refractivity contribution in [3.8, 4) is 0 Å². The molecule has 2 unspecified atom stereocenters. The Hall–Kier alpha value is -0.590. The van der Waals surface area contributed by atoms with E-state index in [9.17, 15) is 4.79 Å². The van der Waals surface area contributed by atoms with Gasteiger partial charge in [0.05, 0.1) is 0 Å². The Kier molecular flexibility index (Phi) is 2.33. The zero-order chi connectivity index (χ0) is 11.3. The zero-order valence-corrected chi connectivity index (χ0v) is 10.4. The average molecular weight is 206 g/mol. The molecule has 2 aliphatic carbocycles. The maximum Gasteiger partial charge on any atom is 0.165 e. The Morgan fingerprint density at radius 3 is 2.53 bits per heavy atom. The van der Waals surface area contributed by atoms with Crippen molar-refractivity contribution in [3.63, 3.8) is 0 Å². The third-order valence-corrected chi connectivity index (χ3v) is 5.02. The minimum Gasteiger partial charge on any atom is -0.294 e. The van der Waals surface area contributed by atoms with Crippen molar-refractivity contribution in [1.29, 1.82) is 0 Å². The van der Waals surface area contributed by atoms with E-state index in [2.05, 4.69) is 33.8 Å². The molecular weight excluding hydrogens is 184 g/mol. The highest BCUT2D eigenvalue weighted by atomic mass is 16.1. The zero-order valence-electron chi connectivity index (χ0n) is 10.4. The van der Waals surface area contributed by atoms with Crippen LogP contribution in [0.5, 0.6) is 0 Å². The van der Waals surface area contributed by atoms with Crippen LogP contribution in [0.25, 0.3) is 0 Å². The van der Waals surface area contributed by atoms with E-state index in [-0.39, 0.29) is 10.8 Å². The molecule has 2 rings (SSSR count). The maximum atomic E-state index is 12.3. The summed E-state index contributed by atoms with van der Waals surface area (Å²) in [6, 6.07) is 0. The van der Waals surface area contributed by atoms with Gasteiger partial charge in [-0.25, -0.2) is 0 Å². The van der Waals surface area contributed by atoms with E-state index in [0.717, 1.165) is 24.8 Å². The van der Waals surface area contributed by atoms with Gasteiger partial charge >= 0.3 is 0 Å². The molecule has 0 amide bonds. The largest absolute Gasteiger partial charge is 0.294 e. The van der Waals surface area contributed by atoms with Crippen molar-refractivity contribution in [2.75, 3.05) is 0 Å². The molecule has 1 heteroatoms. The molecule has 0 aromatic carbocycles. The summed E-state index contributed by atoms with van der Waals surface area (Å²) in [6.45, 7) is 8.88. The summed E-state index contributed by atoms with van der Waals surface area (Å²) in [6.07, 6.45) is 6.71. The van der Waals surface area contributed by atoms with Gasteiger partial charge in [-0.2, -0.15) is 0 Å². The second-order valence-corrected chi connectivity index (χ2v) is 5.92. The summed E-state index contributed by atoms with van der Waals surface area (Å²) >= 11 is 0. The van der Waals surface area contributed by atoms with E-state index in [0.29, 0.717) is 11.7 Å². The fourth-order valence-electron chi connectivity index (χ4n) is 3.46. The second kappa shape index (κ2) is 3.20. The molecule has 0 aromatic heterocycles. The van der Waals surface area contributed by atoms with Crippen molar-refractivity contribution in [1.82, 2.24) is 0 Å². The van der Waals surface area contributed by atoms with Gasteiger partial charge in [0.15, 0.2) is 5.78 Å². The molecule has 0 saturated heterocycles. The highest BCUT2D eigenvalue weighted by Crippen LogP contribution is 2.65. The fourth-order valence-corrected chi connectivity index (χ4v) is 3.46. The predicted molar refractivity (Wildman–Crippen MR) is 62.6 cm³/mol. The topological polar surface area (TPSA) is 17.1 Å². The van der Waals surface area contributed by atoms with E-state index in [1.54, 1.807) is 0 Å². The SMILES string of the molecule is CCC/C=C1/C(=O)C2(C)CCC1C2(C)C. The average Bonchev–Trinajstić information content (AvgIpc) is 2.48. The first-order valence-corrected chi connectivity index (χ1v) is 6.20. The van der Waals surface area contributed by atoms with Crippen molar-refractivity contribution in [2.24, 2.45) is 16.7 Å². The molecule has 2 aliphatic rings. The van der Waals surface area contributed by atoms with Crippen LogP contribution in [0, 0.1) is 16.7 Å². The lowest BCUT2D eigenvalue weighted by atomic mass is 9.70. The number of unbranched alkanes of at least 4 members (excludes halogenated alkanes) is 1. The fraction of sp³-hybridized carbons (Fsp3) is 0.786. The normalized spacial score (nSPS) is 40.4. The smallest absolute Gasteiger partial charge is 0.165 e. The van der Waals surface area contributed by atoms with Crippen LogP contribution >= 0.6 is 0 Å². The quantitative estimate of drug-likeness (QED) is 0.629. The number of allylic oxidation sites excluding steroid dienone is 2. The molecule has 15 heavy (non-hydrogen) atoms.